The number of fused-ring (bicyclic) bond motifs is 1. The molecule has 4 atom stereocenters. The molecule has 0 fully saturated rings. The number of aryl methyl sites for hydroxylation is 1. The summed E-state index contributed by atoms with van der Waals surface area (Å²) >= 11 is 1.24. The minimum Gasteiger partial charge on any atom is -0.497 e. The van der Waals surface area contributed by atoms with Gasteiger partial charge in [-0.25, -0.2) is 4.79 Å². The first-order valence-corrected chi connectivity index (χ1v) is 11.2. The molecule has 2 heterocycles. The van der Waals surface area contributed by atoms with Gasteiger partial charge in [0, 0.05) is 24.2 Å². The van der Waals surface area contributed by atoms with Crippen LogP contribution in [-0.2, 0) is 22.2 Å². The van der Waals surface area contributed by atoms with Crippen LogP contribution in [0, 0.1) is 5.92 Å². The van der Waals surface area contributed by atoms with E-state index in [1.165, 1.54) is 18.9 Å². The van der Waals surface area contributed by atoms with Crippen LogP contribution in [0.1, 0.15) is 24.3 Å². The largest absolute Gasteiger partial charge is 0.497 e. The van der Waals surface area contributed by atoms with E-state index in [1.54, 1.807) is 44.4 Å². The van der Waals surface area contributed by atoms with Gasteiger partial charge in [0.1, 0.15) is 11.9 Å². The van der Waals surface area contributed by atoms with Gasteiger partial charge < -0.3 is 24.3 Å². The van der Waals surface area contributed by atoms with Crippen LogP contribution in [-0.4, -0.2) is 40.2 Å². The van der Waals surface area contributed by atoms with Gasteiger partial charge in [-0.15, -0.1) is 11.8 Å². The molecule has 0 saturated carbocycles. The number of carbonyl (C=O) groups is 1. The van der Waals surface area contributed by atoms with Gasteiger partial charge in [-0.05, 0) is 42.1 Å². The van der Waals surface area contributed by atoms with Crippen LogP contribution in [0.5, 0.6) is 5.75 Å². The van der Waals surface area contributed by atoms with Crippen LogP contribution in [0.15, 0.2) is 65.6 Å². The fourth-order valence-electron chi connectivity index (χ4n) is 4.36. The molecule has 168 valence electrons. The van der Waals surface area contributed by atoms with Gasteiger partial charge in [-0.2, -0.15) is 0 Å². The number of hydrogen-bond donors (Lipinski definition) is 2. The highest BCUT2D eigenvalue weighted by atomic mass is 32.2. The molecule has 1 unspecified atom stereocenters. The molecule has 1 aliphatic heterocycles. The number of methoxy groups -OCH3 is 2. The third-order valence-corrected chi connectivity index (χ3v) is 7.64. The lowest BCUT2D eigenvalue weighted by molar-refractivity contribution is -0.135. The maximum absolute atomic E-state index is 12.3. The fourth-order valence-corrected chi connectivity index (χ4v) is 5.82. The molecule has 2 N–H and O–H groups in total. The number of aliphatic hydroxyl groups is 2. The Morgan fingerprint density at radius 2 is 1.84 bits per heavy atom. The zero-order chi connectivity index (χ0) is 23.0. The van der Waals surface area contributed by atoms with E-state index in [0.29, 0.717) is 16.2 Å². The second-order valence-electron chi connectivity index (χ2n) is 8.14. The Morgan fingerprint density at radius 1 is 1.16 bits per heavy atom. The number of rotatable bonds is 6. The summed E-state index contributed by atoms with van der Waals surface area (Å²) < 4.78 is 12.1. The van der Waals surface area contributed by atoms with Gasteiger partial charge in [0.25, 0.3) is 0 Å². The molecule has 0 amide bonds. The van der Waals surface area contributed by atoms with Crippen molar-refractivity contribution in [3.05, 3.63) is 76.8 Å². The highest BCUT2D eigenvalue weighted by Gasteiger charge is 2.47. The Morgan fingerprint density at radius 3 is 2.47 bits per heavy atom. The van der Waals surface area contributed by atoms with E-state index in [4.69, 9.17) is 9.47 Å². The lowest BCUT2D eigenvalue weighted by Gasteiger charge is -2.35. The second-order valence-corrected chi connectivity index (χ2v) is 9.36. The normalized spacial score (nSPS) is 21.1. The number of para-hydroxylation sites is 1. The minimum atomic E-state index is -1.34. The number of hydrogen-bond acceptors (Lipinski definition) is 6. The maximum Gasteiger partial charge on any atom is 0.344 e. The van der Waals surface area contributed by atoms with Gasteiger partial charge in [0.2, 0.25) is 0 Å². The molecule has 0 spiro atoms. The molecule has 6 nitrogen and oxygen atoms in total. The van der Waals surface area contributed by atoms with Crippen molar-refractivity contribution in [3.63, 3.8) is 0 Å². The molecule has 0 saturated heterocycles. The minimum absolute atomic E-state index is 0.383. The summed E-state index contributed by atoms with van der Waals surface area (Å²) in [5.74, 6) is -0.330. The number of nitrogens with zero attached hydrogens (tertiary/aromatic N) is 1. The molecule has 1 aromatic heterocycles. The monoisotopic (exact) mass is 453 g/mol. The van der Waals surface area contributed by atoms with Crippen LogP contribution >= 0.6 is 11.8 Å². The zero-order valence-electron chi connectivity index (χ0n) is 18.5. The molecule has 4 rings (SSSR count). The summed E-state index contributed by atoms with van der Waals surface area (Å²) in [6.45, 7) is 1.71. The van der Waals surface area contributed by atoms with E-state index >= 15 is 0 Å². The Balaban J connectivity index is 1.75. The number of ether oxygens (including phenoxy) is 2. The number of thioether (sulfide) groups is 1. The van der Waals surface area contributed by atoms with Crippen molar-refractivity contribution in [1.82, 2.24) is 4.57 Å². The summed E-state index contributed by atoms with van der Waals surface area (Å²) in [6.07, 6.45) is 0.794. The van der Waals surface area contributed by atoms with Gasteiger partial charge in [-0.1, -0.05) is 36.4 Å². The number of carbonyl (C=O) groups excluding carboxylic acids is 1. The number of benzene rings is 2. The van der Waals surface area contributed by atoms with Crippen LogP contribution < -0.4 is 4.74 Å². The van der Waals surface area contributed by atoms with E-state index < -0.39 is 28.8 Å². The average Bonchev–Trinajstić information content (AvgIpc) is 3.41. The van der Waals surface area contributed by atoms with Crippen molar-refractivity contribution < 1.29 is 24.5 Å². The fraction of sp³-hybridized carbons (Fsp3) is 0.320. The second kappa shape index (κ2) is 8.65. The zero-order valence-corrected chi connectivity index (χ0v) is 19.3. The first-order valence-electron chi connectivity index (χ1n) is 10.3. The maximum atomic E-state index is 12.3. The third kappa shape index (κ3) is 3.81. The van der Waals surface area contributed by atoms with Gasteiger partial charge in [0.05, 0.1) is 30.0 Å². The predicted molar refractivity (Wildman–Crippen MR) is 125 cm³/mol. The Bertz CT molecular complexity index is 1160. The third-order valence-electron chi connectivity index (χ3n) is 6.26. The predicted octanol–water partition coefficient (Wildman–Crippen LogP) is 3.92. The van der Waals surface area contributed by atoms with Crippen LogP contribution in [0.3, 0.4) is 0 Å². The van der Waals surface area contributed by atoms with Crippen molar-refractivity contribution in [2.24, 2.45) is 13.0 Å². The first-order chi connectivity index (χ1) is 15.3. The van der Waals surface area contributed by atoms with Crippen molar-refractivity contribution in [3.8, 4) is 5.75 Å². The summed E-state index contributed by atoms with van der Waals surface area (Å²) in [6, 6.07) is 17.0. The molecular weight excluding hydrogens is 426 g/mol. The molecule has 2 aromatic carbocycles. The summed E-state index contributed by atoms with van der Waals surface area (Å²) in [7, 11) is 4.82. The number of aromatic nitrogens is 1. The van der Waals surface area contributed by atoms with Gasteiger partial charge in [-0.3, -0.25) is 0 Å². The van der Waals surface area contributed by atoms with Crippen molar-refractivity contribution >= 4 is 28.6 Å². The Kier molecular flexibility index (Phi) is 6.07. The molecule has 0 bridgehead atoms. The van der Waals surface area contributed by atoms with Gasteiger partial charge >= 0.3 is 5.97 Å². The smallest absolute Gasteiger partial charge is 0.344 e. The molecular formula is C25H27NO5S. The molecule has 0 radical (unpaired) electrons. The Labute approximate surface area is 191 Å². The van der Waals surface area contributed by atoms with Crippen LogP contribution in [0.2, 0.25) is 0 Å². The highest BCUT2D eigenvalue weighted by molar-refractivity contribution is 8.04. The van der Waals surface area contributed by atoms with Crippen LogP contribution in [0.25, 0.3) is 10.9 Å². The average molecular weight is 454 g/mol. The quantitative estimate of drug-likeness (QED) is 0.551. The van der Waals surface area contributed by atoms with E-state index in [1.807, 2.05) is 41.9 Å². The SMILES string of the molecule is COC(=O)C1=C[C@@H]([C@](C)(O)c2ccc(OC)cc2)[C@H](C(O)c2cc3ccccc3n2C)S1. The summed E-state index contributed by atoms with van der Waals surface area (Å²) in [5, 5.41) is 23.6. The summed E-state index contributed by atoms with van der Waals surface area (Å²) in [4.78, 5) is 12.7. The standard InChI is InChI=1S/C25H27NO5S/c1-25(29,16-9-11-17(30-3)12-10-16)18-14-21(24(28)31-4)32-23(18)22(27)20-13-15-7-5-6-8-19(15)26(20)2/h5-14,18,22-23,27,29H,1-4H3/t18-,22?,23-,25-/m1/s1. The Hall–Kier alpha value is -2.74. The van der Waals surface area contributed by atoms with Crippen molar-refractivity contribution in [2.75, 3.05) is 14.2 Å². The number of esters is 1. The lowest BCUT2D eigenvalue weighted by atomic mass is 9.78. The molecule has 3 aromatic rings. The first kappa shape index (κ1) is 22.5. The van der Waals surface area contributed by atoms with Gasteiger partial charge in [0.15, 0.2) is 0 Å². The highest BCUT2D eigenvalue weighted by Crippen LogP contribution is 2.50. The topological polar surface area (TPSA) is 80.9 Å². The van der Waals surface area contributed by atoms with Crippen molar-refractivity contribution in [2.45, 2.75) is 23.9 Å². The van der Waals surface area contributed by atoms with E-state index in [2.05, 4.69) is 0 Å². The van der Waals surface area contributed by atoms with E-state index in [0.717, 1.165) is 16.6 Å². The number of aliphatic hydroxyl groups excluding tert-OH is 1. The summed E-state index contributed by atoms with van der Waals surface area (Å²) in [5.41, 5.74) is 1.05. The molecule has 32 heavy (non-hydrogen) atoms. The molecule has 7 heteroatoms. The van der Waals surface area contributed by atoms with Crippen molar-refractivity contribution in [1.29, 1.82) is 0 Å². The van der Waals surface area contributed by atoms with Crippen LogP contribution in [0.4, 0.5) is 0 Å². The van der Waals surface area contributed by atoms with E-state index in [-0.39, 0.29) is 0 Å². The molecule has 1 aliphatic rings. The van der Waals surface area contributed by atoms with E-state index in [9.17, 15) is 15.0 Å². The lowest BCUT2D eigenvalue weighted by Crippen LogP contribution is -2.38. The molecule has 0 aliphatic carbocycles.